The van der Waals surface area contributed by atoms with Crippen molar-refractivity contribution in [1.82, 2.24) is 30.2 Å². The minimum atomic E-state index is -0.989. The number of carboxylic acids is 1. The van der Waals surface area contributed by atoms with Gasteiger partial charge in [-0.2, -0.15) is 0 Å². The van der Waals surface area contributed by atoms with E-state index in [4.69, 9.17) is 4.42 Å². The first-order valence-electron chi connectivity index (χ1n) is 11.3. The third-order valence-electron chi connectivity index (χ3n) is 6.16. The van der Waals surface area contributed by atoms with Crippen LogP contribution in [0.1, 0.15) is 47.3 Å². The number of carboxylic acid groups (broad SMARTS) is 1. The van der Waals surface area contributed by atoms with E-state index >= 15 is 0 Å². The molecule has 5 rings (SSSR count). The van der Waals surface area contributed by atoms with E-state index in [2.05, 4.69) is 48.5 Å². The van der Waals surface area contributed by atoms with Crippen LogP contribution < -0.4 is 0 Å². The molecular formula is C25H23BrN6O3. The van der Waals surface area contributed by atoms with Crippen LogP contribution in [0.2, 0.25) is 0 Å². The van der Waals surface area contributed by atoms with Gasteiger partial charge in [-0.1, -0.05) is 37.6 Å². The number of aromatic amines is 1. The number of benzene rings is 1. The van der Waals surface area contributed by atoms with Crippen molar-refractivity contribution in [2.24, 2.45) is 0 Å². The fourth-order valence-corrected chi connectivity index (χ4v) is 5.34. The van der Waals surface area contributed by atoms with Crippen LogP contribution in [0, 0.1) is 6.92 Å². The average molecular weight is 535 g/mol. The van der Waals surface area contributed by atoms with E-state index in [0.29, 0.717) is 24.5 Å². The Bertz CT molecular complexity index is 1470. The summed E-state index contributed by atoms with van der Waals surface area (Å²) in [6.45, 7) is 4.20. The minimum absolute atomic E-state index is 0.209. The molecule has 2 aliphatic rings. The van der Waals surface area contributed by atoms with Gasteiger partial charge < -0.3 is 14.1 Å². The minimum Gasteiger partial charge on any atom is -0.477 e. The van der Waals surface area contributed by atoms with Gasteiger partial charge in [0.25, 0.3) is 0 Å². The number of aromatic nitrogens is 6. The highest BCUT2D eigenvalue weighted by Crippen LogP contribution is 2.48. The second-order valence-electron chi connectivity index (χ2n) is 8.30. The maximum absolute atomic E-state index is 12.2. The lowest BCUT2D eigenvalue weighted by atomic mass is 9.97. The highest BCUT2D eigenvalue weighted by molar-refractivity contribution is 9.10. The number of unbranched alkanes of at least 4 members (excludes halogenated alkanes) is 1. The zero-order chi connectivity index (χ0) is 24.5. The van der Waals surface area contributed by atoms with Gasteiger partial charge in [-0.15, -0.1) is 5.10 Å². The van der Waals surface area contributed by atoms with Gasteiger partial charge in [-0.25, -0.2) is 14.9 Å². The van der Waals surface area contributed by atoms with Crippen molar-refractivity contribution in [3.8, 4) is 33.6 Å². The van der Waals surface area contributed by atoms with Gasteiger partial charge in [0.1, 0.15) is 5.82 Å². The standard InChI is InChI=1S/C25H23BrN6O3/c1-3-4-9-20-27-14(2)23(25(33)34)32(20)12-18-15-10-11-35-13-19(15)22(26)21(18)16-7-5-6-8-17(16)24-28-30-31-29-24/h5-8,10-11,13H,3-4,9,12H2,1-2H3,(H,33,34)(H,28,29,30,31). The van der Waals surface area contributed by atoms with Gasteiger partial charge in [-0.05, 0) is 62.5 Å². The molecule has 1 aliphatic heterocycles. The molecule has 9 nitrogen and oxygen atoms in total. The Hall–Kier alpha value is -3.79. The average Bonchev–Trinajstić information content (AvgIpc) is 3.56. The van der Waals surface area contributed by atoms with Crippen molar-refractivity contribution in [3.63, 3.8) is 0 Å². The number of aryl methyl sites for hydroxylation is 2. The molecular weight excluding hydrogens is 512 g/mol. The summed E-state index contributed by atoms with van der Waals surface area (Å²) in [5.74, 6) is 0.325. The molecule has 2 N–H and O–H groups in total. The Labute approximate surface area is 209 Å². The van der Waals surface area contributed by atoms with Crippen molar-refractivity contribution in [1.29, 1.82) is 0 Å². The number of aromatic carboxylic acids is 1. The lowest BCUT2D eigenvalue weighted by Gasteiger charge is -2.15. The number of fused-ring (bicyclic) bond motifs is 1. The first kappa shape index (κ1) is 23.0. The predicted molar refractivity (Wildman–Crippen MR) is 133 cm³/mol. The Morgan fingerprint density at radius 2 is 1.97 bits per heavy atom. The summed E-state index contributed by atoms with van der Waals surface area (Å²) in [5, 5.41) is 24.5. The van der Waals surface area contributed by atoms with Crippen molar-refractivity contribution >= 4 is 21.9 Å². The van der Waals surface area contributed by atoms with Gasteiger partial charge in [0.05, 0.1) is 24.8 Å². The van der Waals surface area contributed by atoms with E-state index in [1.165, 1.54) is 0 Å². The summed E-state index contributed by atoms with van der Waals surface area (Å²) in [4.78, 5) is 16.9. The van der Waals surface area contributed by atoms with Crippen molar-refractivity contribution in [3.05, 3.63) is 70.1 Å². The van der Waals surface area contributed by atoms with E-state index in [-0.39, 0.29) is 5.69 Å². The summed E-state index contributed by atoms with van der Waals surface area (Å²) in [6, 6.07) is 9.75. The molecule has 10 heteroatoms. The maximum Gasteiger partial charge on any atom is 0.354 e. The van der Waals surface area contributed by atoms with Crippen molar-refractivity contribution in [2.75, 3.05) is 0 Å². The smallest absolute Gasteiger partial charge is 0.354 e. The maximum atomic E-state index is 12.2. The fourth-order valence-electron chi connectivity index (χ4n) is 4.58. The normalized spacial score (nSPS) is 11.4. The lowest BCUT2D eigenvalue weighted by Crippen LogP contribution is -2.14. The van der Waals surface area contributed by atoms with E-state index < -0.39 is 5.97 Å². The van der Waals surface area contributed by atoms with Crippen molar-refractivity contribution in [2.45, 2.75) is 39.7 Å². The second-order valence-corrected chi connectivity index (χ2v) is 9.10. The third kappa shape index (κ3) is 4.03. The lowest BCUT2D eigenvalue weighted by molar-refractivity contribution is 0.0684. The molecule has 2 aromatic heterocycles. The molecule has 35 heavy (non-hydrogen) atoms. The quantitative estimate of drug-likeness (QED) is 0.266. The largest absolute Gasteiger partial charge is 0.477 e. The summed E-state index contributed by atoms with van der Waals surface area (Å²) in [6.07, 6.45) is 5.94. The Morgan fingerprint density at radius 3 is 2.69 bits per heavy atom. The number of nitrogens with zero attached hydrogens (tertiary/aromatic N) is 5. The van der Waals surface area contributed by atoms with Gasteiger partial charge in [0.2, 0.25) is 0 Å². The fraction of sp³-hybridized carbons (Fsp3) is 0.240. The topological polar surface area (TPSA) is 123 Å². The second kappa shape index (κ2) is 9.46. The summed E-state index contributed by atoms with van der Waals surface area (Å²) < 4.78 is 8.18. The van der Waals surface area contributed by atoms with Crippen LogP contribution >= 0.6 is 15.9 Å². The number of tetrazole rings is 1. The number of nitrogens with one attached hydrogen (secondary N) is 1. The van der Waals surface area contributed by atoms with Crippen LogP contribution in [0.25, 0.3) is 33.6 Å². The SMILES string of the molecule is CCCCc1nc(C)c(C(=O)O)n1Cc1c2ccocc-2c(Br)c1-c1ccccc1-c1nnn[nH]1. The first-order chi connectivity index (χ1) is 17.0. The number of halogens is 1. The summed E-state index contributed by atoms with van der Waals surface area (Å²) >= 11 is 3.80. The number of hydrogen-bond acceptors (Lipinski definition) is 6. The van der Waals surface area contributed by atoms with Crippen LogP contribution in [0.3, 0.4) is 0 Å². The van der Waals surface area contributed by atoms with Gasteiger partial charge in [0.15, 0.2) is 11.5 Å². The third-order valence-corrected chi connectivity index (χ3v) is 6.99. The number of carbonyl (C=O) groups is 1. The molecule has 0 saturated carbocycles. The van der Waals surface area contributed by atoms with E-state index in [0.717, 1.165) is 56.5 Å². The Morgan fingerprint density at radius 1 is 1.17 bits per heavy atom. The van der Waals surface area contributed by atoms with E-state index in [1.54, 1.807) is 19.5 Å². The molecule has 3 heterocycles. The van der Waals surface area contributed by atoms with Crippen LogP contribution in [0.5, 0.6) is 0 Å². The molecule has 3 aromatic rings. The molecule has 0 unspecified atom stereocenters. The molecule has 1 aromatic carbocycles. The Kier molecular flexibility index (Phi) is 6.21. The van der Waals surface area contributed by atoms with Crippen LogP contribution in [0.15, 0.2) is 51.7 Å². The number of H-pyrrole nitrogens is 1. The zero-order valence-corrected chi connectivity index (χ0v) is 20.8. The summed E-state index contributed by atoms with van der Waals surface area (Å²) in [5.41, 5.74) is 6.22. The molecule has 178 valence electrons. The highest BCUT2D eigenvalue weighted by Gasteiger charge is 2.28. The first-order valence-corrected chi connectivity index (χ1v) is 12.1. The van der Waals surface area contributed by atoms with E-state index in [1.807, 2.05) is 34.9 Å². The van der Waals surface area contributed by atoms with Crippen LogP contribution in [0.4, 0.5) is 0 Å². The number of hydrogen-bond donors (Lipinski definition) is 2. The molecule has 0 atom stereocenters. The van der Waals surface area contributed by atoms with Crippen LogP contribution in [-0.2, 0) is 13.0 Å². The number of imidazole rings is 1. The van der Waals surface area contributed by atoms with Crippen LogP contribution in [-0.4, -0.2) is 41.3 Å². The number of rotatable bonds is 8. The van der Waals surface area contributed by atoms with Gasteiger partial charge in [0, 0.05) is 27.6 Å². The monoisotopic (exact) mass is 534 g/mol. The molecule has 0 saturated heterocycles. The van der Waals surface area contributed by atoms with Gasteiger partial charge >= 0.3 is 5.97 Å². The Balaban J connectivity index is 1.76. The molecule has 0 spiro atoms. The van der Waals surface area contributed by atoms with Crippen molar-refractivity contribution < 1.29 is 14.3 Å². The predicted octanol–water partition coefficient (Wildman–Crippen LogP) is 5.59. The molecule has 0 fully saturated rings. The van der Waals surface area contributed by atoms with E-state index in [9.17, 15) is 9.90 Å². The molecule has 0 amide bonds. The summed E-state index contributed by atoms with van der Waals surface area (Å²) in [7, 11) is 0. The zero-order valence-electron chi connectivity index (χ0n) is 19.2. The van der Waals surface area contributed by atoms with Gasteiger partial charge in [-0.3, -0.25) is 0 Å². The molecule has 0 radical (unpaired) electrons. The molecule has 0 bridgehead atoms. The molecule has 1 aliphatic carbocycles. The highest BCUT2D eigenvalue weighted by atomic mass is 79.9.